The summed E-state index contributed by atoms with van der Waals surface area (Å²) in [4.78, 5) is 0. The first-order chi connectivity index (χ1) is 9.70. The van der Waals surface area contributed by atoms with Crippen molar-refractivity contribution in [1.29, 1.82) is 0 Å². The second kappa shape index (κ2) is 7.27. The second-order valence-electron chi connectivity index (χ2n) is 4.49. The van der Waals surface area contributed by atoms with E-state index in [1.807, 2.05) is 25.2 Å². The molecule has 2 aromatic rings. The smallest absolute Gasteiger partial charge is 0.138 e. The Bertz CT molecular complexity index is 574. The summed E-state index contributed by atoms with van der Waals surface area (Å²) in [5, 5.41) is 3.42. The molecule has 0 unspecified atom stereocenters. The highest BCUT2D eigenvalue weighted by molar-refractivity contribution is 6.32. The van der Waals surface area contributed by atoms with E-state index in [0.29, 0.717) is 12.4 Å². The van der Waals surface area contributed by atoms with Crippen LogP contribution >= 0.6 is 11.6 Å². The van der Waals surface area contributed by atoms with Crippen molar-refractivity contribution in [3.63, 3.8) is 0 Å². The summed E-state index contributed by atoms with van der Waals surface area (Å²) in [5.41, 5.74) is 2.35. The first-order valence-electron chi connectivity index (χ1n) is 6.50. The van der Waals surface area contributed by atoms with Crippen molar-refractivity contribution >= 4 is 11.6 Å². The molecule has 0 aliphatic rings. The van der Waals surface area contributed by atoms with Crippen LogP contribution in [0.15, 0.2) is 42.5 Å². The molecule has 0 fully saturated rings. The molecular weight excluding hydrogens is 277 g/mol. The van der Waals surface area contributed by atoms with Gasteiger partial charge in [0.1, 0.15) is 18.2 Å². The Morgan fingerprint density at radius 3 is 2.60 bits per heavy atom. The Morgan fingerprint density at radius 2 is 1.90 bits per heavy atom. The number of hydrogen-bond donors (Lipinski definition) is 1. The molecule has 0 atom stereocenters. The number of hydrogen-bond acceptors (Lipinski definition) is 2. The Labute approximate surface area is 123 Å². The number of halogens is 2. The average molecular weight is 294 g/mol. The van der Waals surface area contributed by atoms with Gasteiger partial charge in [0.15, 0.2) is 0 Å². The highest BCUT2D eigenvalue weighted by Gasteiger charge is 2.06. The van der Waals surface area contributed by atoms with Crippen LogP contribution in [-0.2, 0) is 13.0 Å². The van der Waals surface area contributed by atoms with Crippen molar-refractivity contribution in [2.24, 2.45) is 0 Å². The molecule has 0 aliphatic carbocycles. The SMILES string of the molecule is CNCCc1ccccc1COc1ccc(F)cc1Cl. The Balaban J connectivity index is 2.06. The van der Waals surface area contributed by atoms with Gasteiger partial charge in [0.05, 0.1) is 5.02 Å². The van der Waals surface area contributed by atoms with Gasteiger partial charge in [0.2, 0.25) is 0 Å². The molecule has 0 saturated heterocycles. The van der Waals surface area contributed by atoms with Gasteiger partial charge in [-0.25, -0.2) is 4.39 Å². The lowest BCUT2D eigenvalue weighted by Crippen LogP contribution is -2.12. The van der Waals surface area contributed by atoms with Gasteiger partial charge in [-0.15, -0.1) is 0 Å². The van der Waals surface area contributed by atoms with Gasteiger partial charge in [0.25, 0.3) is 0 Å². The maximum atomic E-state index is 13.0. The molecule has 1 N–H and O–H groups in total. The topological polar surface area (TPSA) is 21.3 Å². The molecule has 2 aromatic carbocycles. The van der Waals surface area contributed by atoms with Crippen LogP contribution in [-0.4, -0.2) is 13.6 Å². The molecule has 4 heteroatoms. The molecule has 0 amide bonds. The van der Waals surface area contributed by atoms with Gasteiger partial charge in [0, 0.05) is 0 Å². The normalized spacial score (nSPS) is 10.6. The van der Waals surface area contributed by atoms with E-state index in [1.54, 1.807) is 6.07 Å². The molecule has 2 nitrogen and oxygen atoms in total. The zero-order chi connectivity index (χ0) is 14.4. The third-order valence-electron chi connectivity index (χ3n) is 3.04. The van der Waals surface area contributed by atoms with Crippen LogP contribution in [0.1, 0.15) is 11.1 Å². The fourth-order valence-electron chi connectivity index (χ4n) is 1.95. The highest BCUT2D eigenvalue weighted by atomic mass is 35.5. The minimum atomic E-state index is -0.364. The van der Waals surface area contributed by atoms with Gasteiger partial charge >= 0.3 is 0 Å². The maximum Gasteiger partial charge on any atom is 0.138 e. The van der Waals surface area contributed by atoms with E-state index in [0.717, 1.165) is 18.5 Å². The monoisotopic (exact) mass is 293 g/mol. The molecular formula is C16H17ClFNO. The summed E-state index contributed by atoms with van der Waals surface area (Å²) in [5.74, 6) is 0.133. The molecule has 0 bridgehead atoms. The predicted octanol–water partition coefficient (Wildman–Crippen LogP) is 3.82. The molecule has 0 radical (unpaired) electrons. The van der Waals surface area contributed by atoms with E-state index in [-0.39, 0.29) is 10.8 Å². The quantitative estimate of drug-likeness (QED) is 0.874. The number of rotatable bonds is 6. The fraction of sp³-hybridized carbons (Fsp3) is 0.250. The van der Waals surface area contributed by atoms with Crippen LogP contribution in [0.25, 0.3) is 0 Å². The molecule has 20 heavy (non-hydrogen) atoms. The van der Waals surface area contributed by atoms with Crippen LogP contribution < -0.4 is 10.1 Å². The zero-order valence-corrected chi connectivity index (χ0v) is 12.1. The van der Waals surface area contributed by atoms with E-state index < -0.39 is 0 Å². The van der Waals surface area contributed by atoms with Gasteiger partial charge in [-0.3, -0.25) is 0 Å². The van der Waals surface area contributed by atoms with Gasteiger partial charge in [-0.05, 0) is 49.3 Å². The molecule has 0 saturated carbocycles. The van der Waals surface area contributed by atoms with Crippen LogP contribution in [0, 0.1) is 5.82 Å². The van der Waals surface area contributed by atoms with E-state index >= 15 is 0 Å². The summed E-state index contributed by atoms with van der Waals surface area (Å²) in [6.45, 7) is 1.33. The Morgan fingerprint density at radius 1 is 1.15 bits per heavy atom. The number of nitrogens with one attached hydrogen (secondary N) is 1. The summed E-state index contributed by atoms with van der Waals surface area (Å²) in [7, 11) is 1.93. The lowest BCUT2D eigenvalue weighted by Gasteiger charge is -2.12. The van der Waals surface area contributed by atoms with Gasteiger partial charge < -0.3 is 10.1 Å². The fourth-order valence-corrected chi connectivity index (χ4v) is 2.17. The zero-order valence-electron chi connectivity index (χ0n) is 11.3. The summed E-state index contributed by atoms with van der Waals surface area (Å²) in [6, 6.07) is 12.3. The molecule has 0 aliphatic heterocycles. The molecule has 0 spiro atoms. The van der Waals surface area contributed by atoms with Crippen molar-refractivity contribution in [2.45, 2.75) is 13.0 Å². The van der Waals surface area contributed by atoms with Crippen LogP contribution in [0.3, 0.4) is 0 Å². The molecule has 0 heterocycles. The van der Waals surface area contributed by atoms with Crippen molar-refractivity contribution in [2.75, 3.05) is 13.6 Å². The largest absolute Gasteiger partial charge is 0.487 e. The summed E-state index contributed by atoms with van der Waals surface area (Å²) >= 11 is 5.94. The first-order valence-corrected chi connectivity index (χ1v) is 6.87. The second-order valence-corrected chi connectivity index (χ2v) is 4.89. The summed E-state index contributed by atoms with van der Waals surface area (Å²) < 4.78 is 18.6. The first kappa shape index (κ1) is 14.8. The van der Waals surface area contributed by atoms with Crippen molar-refractivity contribution in [3.8, 4) is 5.75 Å². The minimum absolute atomic E-state index is 0.290. The maximum absolute atomic E-state index is 13.0. The third kappa shape index (κ3) is 3.95. The van der Waals surface area contributed by atoms with Crippen molar-refractivity contribution in [1.82, 2.24) is 5.32 Å². The lowest BCUT2D eigenvalue weighted by atomic mass is 10.1. The lowest BCUT2D eigenvalue weighted by molar-refractivity contribution is 0.304. The highest BCUT2D eigenvalue weighted by Crippen LogP contribution is 2.26. The standard InChI is InChI=1S/C16H17ClFNO/c1-19-9-8-12-4-2-3-5-13(12)11-20-16-7-6-14(18)10-15(16)17/h2-7,10,19H,8-9,11H2,1H3. The van der Waals surface area contributed by atoms with E-state index in [9.17, 15) is 4.39 Å². The van der Waals surface area contributed by atoms with Gasteiger partial charge in [-0.1, -0.05) is 35.9 Å². The van der Waals surface area contributed by atoms with Crippen molar-refractivity contribution in [3.05, 3.63) is 64.4 Å². The summed E-state index contributed by atoms with van der Waals surface area (Å²) in [6.07, 6.45) is 0.938. The van der Waals surface area contributed by atoms with Gasteiger partial charge in [-0.2, -0.15) is 0 Å². The average Bonchev–Trinajstić information content (AvgIpc) is 2.45. The molecule has 0 aromatic heterocycles. The minimum Gasteiger partial charge on any atom is -0.487 e. The van der Waals surface area contributed by atoms with Crippen molar-refractivity contribution < 1.29 is 9.13 Å². The third-order valence-corrected chi connectivity index (χ3v) is 3.34. The number of benzene rings is 2. The van der Waals surface area contributed by atoms with E-state index in [2.05, 4.69) is 11.4 Å². The molecule has 106 valence electrons. The van der Waals surface area contributed by atoms with E-state index in [1.165, 1.54) is 17.7 Å². The number of likely N-dealkylation sites (N-methyl/N-ethyl adjacent to an activating group) is 1. The van der Waals surface area contributed by atoms with E-state index in [4.69, 9.17) is 16.3 Å². The Hall–Kier alpha value is -1.58. The van der Waals surface area contributed by atoms with Crippen LogP contribution in [0.2, 0.25) is 5.02 Å². The predicted molar refractivity (Wildman–Crippen MR) is 79.8 cm³/mol. The molecule has 2 rings (SSSR count). The van der Waals surface area contributed by atoms with Crippen LogP contribution in [0.4, 0.5) is 4.39 Å². The Kier molecular flexibility index (Phi) is 5.39. The number of ether oxygens (including phenoxy) is 1. The van der Waals surface area contributed by atoms with Crippen LogP contribution in [0.5, 0.6) is 5.75 Å².